The van der Waals surface area contributed by atoms with E-state index < -0.39 is 13.0 Å². The number of hydrogen-bond acceptors (Lipinski definition) is 2. The van der Waals surface area contributed by atoms with Gasteiger partial charge in [-0.3, -0.25) is 0 Å². The monoisotopic (exact) mass is 335 g/mol. The molecule has 0 fully saturated rings. The maximum Gasteiger partial charge on any atom is 0.272 e. The molecule has 0 amide bonds. The second-order valence-electron chi connectivity index (χ2n) is 4.94. The number of alkyl halides is 2. The Balaban J connectivity index is 2.80. The van der Waals surface area contributed by atoms with Crippen molar-refractivity contribution in [2.45, 2.75) is 33.7 Å². The van der Waals surface area contributed by atoms with Crippen molar-refractivity contribution in [2.24, 2.45) is 5.92 Å². The molecule has 0 bridgehead atoms. The van der Waals surface area contributed by atoms with Crippen LogP contribution in [0.2, 0.25) is 0 Å². The van der Waals surface area contributed by atoms with Crippen LogP contribution in [0.1, 0.15) is 25.0 Å². The van der Waals surface area contributed by atoms with Crippen molar-refractivity contribution < 1.29 is 13.5 Å². The van der Waals surface area contributed by atoms with E-state index in [1.54, 1.807) is 0 Å². The van der Waals surface area contributed by atoms with Gasteiger partial charge < -0.3 is 10.1 Å². The summed E-state index contributed by atoms with van der Waals surface area (Å²) in [5, 5.41) is 3.30. The zero-order valence-corrected chi connectivity index (χ0v) is 13.1. The lowest BCUT2D eigenvalue weighted by Gasteiger charge is -2.16. The summed E-state index contributed by atoms with van der Waals surface area (Å²) in [6.07, 6.45) is -2.46. The number of rotatable bonds is 7. The zero-order chi connectivity index (χ0) is 14.4. The minimum atomic E-state index is -2.46. The van der Waals surface area contributed by atoms with Crippen LogP contribution in [-0.2, 0) is 6.54 Å². The molecule has 0 aliphatic heterocycles. The normalized spacial score (nSPS) is 11.4. The standard InChI is InChI=1S/C14H20BrF2NO/c1-9(2)6-18-7-11-5-12(15)4-10(3)14(11)19-8-13(16)17/h4-5,9,13,18H,6-8H2,1-3H3. The van der Waals surface area contributed by atoms with E-state index in [0.717, 1.165) is 22.1 Å². The summed E-state index contributed by atoms with van der Waals surface area (Å²) >= 11 is 3.42. The molecule has 1 rings (SSSR count). The van der Waals surface area contributed by atoms with Crippen LogP contribution in [0.5, 0.6) is 5.75 Å². The van der Waals surface area contributed by atoms with Crippen molar-refractivity contribution >= 4 is 15.9 Å². The van der Waals surface area contributed by atoms with Crippen LogP contribution in [-0.4, -0.2) is 19.6 Å². The summed E-state index contributed by atoms with van der Waals surface area (Å²) in [6, 6.07) is 3.77. The third kappa shape index (κ3) is 5.87. The summed E-state index contributed by atoms with van der Waals surface area (Å²) in [4.78, 5) is 0. The maximum atomic E-state index is 12.3. The quantitative estimate of drug-likeness (QED) is 0.808. The van der Waals surface area contributed by atoms with Crippen molar-refractivity contribution in [3.8, 4) is 5.75 Å². The van der Waals surface area contributed by atoms with Crippen LogP contribution in [0, 0.1) is 12.8 Å². The smallest absolute Gasteiger partial charge is 0.272 e. The minimum absolute atomic E-state index is 0.540. The molecular weight excluding hydrogens is 316 g/mol. The highest BCUT2D eigenvalue weighted by molar-refractivity contribution is 9.10. The van der Waals surface area contributed by atoms with Crippen molar-refractivity contribution in [2.75, 3.05) is 13.2 Å². The van der Waals surface area contributed by atoms with Crippen LogP contribution in [0.15, 0.2) is 16.6 Å². The van der Waals surface area contributed by atoms with E-state index in [2.05, 4.69) is 35.1 Å². The van der Waals surface area contributed by atoms with Crippen molar-refractivity contribution in [1.82, 2.24) is 5.32 Å². The van der Waals surface area contributed by atoms with E-state index in [9.17, 15) is 8.78 Å². The first-order valence-electron chi connectivity index (χ1n) is 6.30. The summed E-state index contributed by atoms with van der Waals surface area (Å²) in [6.45, 7) is 7.01. The van der Waals surface area contributed by atoms with Gasteiger partial charge in [0.25, 0.3) is 6.43 Å². The number of ether oxygens (including phenoxy) is 1. The first kappa shape index (κ1) is 16.4. The molecule has 0 aliphatic rings. The summed E-state index contributed by atoms with van der Waals surface area (Å²) in [5.41, 5.74) is 1.75. The fraction of sp³-hybridized carbons (Fsp3) is 0.571. The van der Waals surface area contributed by atoms with E-state index in [1.807, 2.05) is 19.1 Å². The van der Waals surface area contributed by atoms with Crippen molar-refractivity contribution in [3.63, 3.8) is 0 Å². The van der Waals surface area contributed by atoms with Crippen LogP contribution in [0.25, 0.3) is 0 Å². The number of halogens is 3. The van der Waals surface area contributed by atoms with Gasteiger partial charge in [-0.2, -0.15) is 0 Å². The highest BCUT2D eigenvalue weighted by Gasteiger charge is 2.12. The second-order valence-corrected chi connectivity index (χ2v) is 5.85. The Morgan fingerprint density at radius 3 is 2.58 bits per heavy atom. The number of aryl methyl sites for hydroxylation is 1. The molecular formula is C14H20BrF2NO. The molecule has 5 heteroatoms. The highest BCUT2D eigenvalue weighted by Crippen LogP contribution is 2.28. The lowest BCUT2D eigenvalue weighted by molar-refractivity contribution is 0.0810. The number of benzene rings is 1. The Bertz CT molecular complexity index is 411. The molecule has 0 unspecified atom stereocenters. The number of nitrogens with one attached hydrogen (secondary N) is 1. The van der Waals surface area contributed by atoms with Gasteiger partial charge in [-0.05, 0) is 37.1 Å². The molecule has 0 spiro atoms. The van der Waals surface area contributed by atoms with Gasteiger partial charge in [0.1, 0.15) is 12.4 Å². The molecule has 0 aliphatic carbocycles. The Kier molecular flexibility index (Phi) is 6.72. The van der Waals surface area contributed by atoms with E-state index in [4.69, 9.17) is 4.74 Å². The van der Waals surface area contributed by atoms with Gasteiger partial charge in [-0.25, -0.2) is 8.78 Å². The average molecular weight is 336 g/mol. The van der Waals surface area contributed by atoms with Gasteiger partial charge in [0.05, 0.1) is 0 Å². The fourth-order valence-corrected chi connectivity index (χ4v) is 2.40. The molecule has 0 saturated carbocycles. The molecule has 0 aromatic heterocycles. The lowest BCUT2D eigenvalue weighted by atomic mass is 10.1. The second kappa shape index (κ2) is 7.80. The summed E-state index contributed by atoms with van der Waals surface area (Å²) < 4.78 is 30.7. The third-order valence-corrected chi connectivity index (χ3v) is 3.00. The largest absolute Gasteiger partial charge is 0.487 e. The van der Waals surface area contributed by atoms with E-state index >= 15 is 0 Å². The first-order chi connectivity index (χ1) is 8.90. The Hall–Kier alpha value is -0.680. The van der Waals surface area contributed by atoms with Gasteiger partial charge in [0, 0.05) is 16.6 Å². The molecule has 0 atom stereocenters. The minimum Gasteiger partial charge on any atom is -0.487 e. The molecule has 0 radical (unpaired) electrons. The van der Waals surface area contributed by atoms with Crippen LogP contribution in [0.3, 0.4) is 0 Å². The lowest BCUT2D eigenvalue weighted by Crippen LogP contribution is -2.20. The van der Waals surface area contributed by atoms with Gasteiger partial charge in [-0.15, -0.1) is 0 Å². The molecule has 1 aromatic rings. The van der Waals surface area contributed by atoms with Crippen molar-refractivity contribution in [1.29, 1.82) is 0 Å². The molecule has 0 heterocycles. The molecule has 1 N–H and O–H groups in total. The summed E-state index contributed by atoms with van der Waals surface area (Å²) in [7, 11) is 0. The topological polar surface area (TPSA) is 21.3 Å². The van der Waals surface area contributed by atoms with Gasteiger partial charge in [-0.1, -0.05) is 29.8 Å². The van der Waals surface area contributed by atoms with Gasteiger partial charge in [0.15, 0.2) is 0 Å². The van der Waals surface area contributed by atoms with Crippen LogP contribution >= 0.6 is 15.9 Å². The Labute approximate surface area is 121 Å². The predicted molar refractivity (Wildman–Crippen MR) is 76.9 cm³/mol. The van der Waals surface area contributed by atoms with E-state index in [0.29, 0.717) is 18.2 Å². The predicted octanol–water partition coefficient (Wildman–Crippen LogP) is 4.15. The van der Waals surface area contributed by atoms with Gasteiger partial charge >= 0.3 is 0 Å². The summed E-state index contributed by atoms with van der Waals surface area (Å²) in [5.74, 6) is 1.10. The van der Waals surface area contributed by atoms with E-state index in [-0.39, 0.29) is 0 Å². The van der Waals surface area contributed by atoms with Gasteiger partial charge in [0.2, 0.25) is 0 Å². The molecule has 108 valence electrons. The number of hydrogen-bond donors (Lipinski definition) is 1. The SMILES string of the molecule is Cc1cc(Br)cc(CNCC(C)C)c1OCC(F)F. The molecule has 2 nitrogen and oxygen atoms in total. The Morgan fingerprint density at radius 1 is 1.32 bits per heavy atom. The van der Waals surface area contributed by atoms with Crippen LogP contribution < -0.4 is 10.1 Å². The maximum absolute atomic E-state index is 12.3. The average Bonchev–Trinajstić information content (AvgIpc) is 2.26. The zero-order valence-electron chi connectivity index (χ0n) is 11.5. The highest BCUT2D eigenvalue weighted by atomic mass is 79.9. The molecule has 19 heavy (non-hydrogen) atoms. The third-order valence-electron chi connectivity index (χ3n) is 2.54. The van der Waals surface area contributed by atoms with Crippen LogP contribution in [0.4, 0.5) is 8.78 Å². The van der Waals surface area contributed by atoms with E-state index in [1.165, 1.54) is 0 Å². The molecule has 0 saturated heterocycles. The van der Waals surface area contributed by atoms with Crippen molar-refractivity contribution in [3.05, 3.63) is 27.7 Å². The first-order valence-corrected chi connectivity index (χ1v) is 7.10. The fourth-order valence-electron chi connectivity index (χ4n) is 1.78. The Morgan fingerprint density at radius 2 is 2.00 bits per heavy atom. The molecule has 1 aromatic carbocycles.